The number of guanidine groups is 1. The highest BCUT2D eigenvalue weighted by atomic mass is 127. The number of nitrogens with zero attached hydrogens (tertiary/aromatic N) is 2. The van der Waals surface area contributed by atoms with Crippen molar-refractivity contribution in [2.24, 2.45) is 4.99 Å². The van der Waals surface area contributed by atoms with Gasteiger partial charge in [0.1, 0.15) is 0 Å². The van der Waals surface area contributed by atoms with Crippen LogP contribution in [-0.2, 0) is 11.3 Å². The molecule has 0 amide bonds. The molecule has 0 atom stereocenters. The maximum Gasteiger partial charge on any atom is 0.191 e. The SMILES string of the molecule is CCNC(=NCCCOC(C)C)NC1CCN(Cc2ccccc2)CC1.I. The summed E-state index contributed by atoms with van der Waals surface area (Å²) >= 11 is 0. The molecule has 27 heavy (non-hydrogen) atoms. The molecule has 1 fully saturated rings. The molecule has 0 unspecified atom stereocenters. The molecule has 1 saturated heterocycles. The van der Waals surface area contributed by atoms with Gasteiger partial charge in [0.25, 0.3) is 0 Å². The van der Waals surface area contributed by atoms with Crippen molar-refractivity contribution in [1.82, 2.24) is 15.5 Å². The van der Waals surface area contributed by atoms with Crippen molar-refractivity contribution >= 4 is 29.9 Å². The van der Waals surface area contributed by atoms with E-state index in [9.17, 15) is 0 Å². The fourth-order valence-electron chi connectivity index (χ4n) is 3.16. The Morgan fingerprint density at radius 3 is 2.56 bits per heavy atom. The predicted molar refractivity (Wildman–Crippen MR) is 125 cm³/mol. The highest BCUT2D eigenvalue weighted by Crippen LogP contribution is 2.13. The lowest BCUT2D eigenvalue weighted by Crippen LogP contribution is -2.48. The van der Waals surface area contributed by atoms with Gasteiger partial charge in [-0.2, -0.15) is 0 Å². The molecule has 0 aromatic heterocycles. The molecule has 1 aromatic carbocycles. The maximum atomic E-state index is 5.58. The number of hydrogen-bond donors (Lipinski definition) is 2. The monoisotopic (exact) mass is 488 g/mol. The van der Waals surface area contributed by atoms with Gasteiger partial charge in [0, 0.05) is 45.4 Å². The van der Waals surface area contributed by atoms with Crippen molar-refractivity contribution in [2.45, 2.75) is 58.7 Å². The number of nitrogens with one attached hydrogen (secondary N) is 2. The van der Waals surface area contributed by atoms with Crippen molar-refractivity contribution < 1.29 is 4.74 Å². The van der Waals surface area contributed by atoms with Crippen molar-refractivity contribution in [3.05, 3.63) is 35.9 Å². The maximum absolute atomic E-state index is 5.58. The lowest BCUT2D eigenvalue weighted by atomic mass is 10.0. The van der Waals surface area contributed by atoms with E-state index >= 15 is 0 Å². The van der Waals surface area contributed by atoms with Gasteiger partial charge in [0.15, 0.2) is 5.96 Å². The Balaban J connectivity index is 0.00000364. The second kappa shape index (κ2) is 14.2. The number of benzene rings is 1. The first-order chi connectivity index (χ1) is 12.7. The summed E-state index contributed by atoms with van der Waals surface area (Å²) in [6, 6.07) is 11.2. The molecule has 1 aliphatic rings. The summed E-state index contributed by atoms with van der Waals surface area (Å²) < 4.78 is 5.58. The third-order valence-electron chi connectivity index (χ3n) is 4.55. The van der Waals surface area contributed by atoms with Gasteiger partial charge in [-0.15, -0.1) is 24.0 Å². The van der Waals surface area contributed by atoms with E-state index in [1.165, 1.54) is 5.56 Å². The molecule has 1 aliphatic heterocycles. The highest BCUT2D eigenvalue weighted by molar-refractivity contribution is 14.0. The van der Waals surface area contributed by atoms with E-state index in [1.807, 2.05) is 0 Å². The number of aliphatic imine (C=N–C) groups is 1. The van der Waals surface area contributed by atoms with Gasteiger partial charge in [-0.3, -0.25) is 9.89 Å². The first-order valence-corrected chi connectivity index (χ1v) is 10.1. The fourth-order valence-corrected chi connectivity index (χ4v) is 3.16. The lowest BCUT2D eigenvalue weighted by Gasteiger charge is -2.33. The van der Waals surface area contributed by atoms with E-state index in [-0.39, 0.29) is 24.0 Å². The molecule has 5 nitrogen and oxygen atoms in total. The Hall–Kier alpha value is -0.860. The molecule has 6 heteroatoms. The van der Waals surface area contributed by atoms with Crippen LogP contribution in [-0.4, -0.2) is 55.8 Å². The standard InChI is InChI=1S/C21H36N4O.HI/c1-4-22-21(23-13-8-16-26-18(2)3)24-20-11-14-25(15-12-20)17-19-9-6-5-7-10-19;/h5-7,9-10,18,20H,4,8,11-17H2,1-3H3,(H2,22,23,24);1H. The summed E-state index contributed by atoms with van der Waals surface area (Å²) in [6.07, 6.45) is 3.58. The smallest absolute Gasteiger partial charge is 0.191 e. The van der Waals surface area contributed by atoms with Gasteiger partial charge >= 0.3 is 0 Å². The van der Waals surface area contributed by atoms with Crippen LogP contribution in [0, 0.1) is 0 Å². The van der Waals surface area contributed by atoms with Crippen LogP contribution in [0.1, 0.15) is 45.6 Å². The Labute approximate surface area is 182 Å². The van der Waals surface area contributed by atoms with Crippen LogP contribution in [0.4, 0.5) is 0 Å². The normalized spacial score (nSPS) is 16.2. The number of ether oxygens (including phenoxy) is 1. The minimum atomic E-state index is 0. The van der Waals surface area contributed by atoms with Gasteiger partial charge in [-0.05, 0) is 45.6 Å². The number of hydrogen-bond acceptors (Lipinski definition) is 3. The third-order valence-corrected chi connectivity index (χ3v) is 4.55. The van der Waals surface area contributed by atoms with Crippen molar-refractivity contribution in [3.63, 3.8) is 0 Å². The minimum Gasteiger partial charge on any atom is -0.379 e. The third kappa shape index (κ3) is 10.3. The zero-order chi connectivity index (χ0) is 18.6. The van der Waals surface area contributed by atoms with Crippen LogP contribution in [0.2, 0.25) is 0 Å². The molecule has 2 rings (SSSR count). The zero-order valence-electron chi connectivity index (χ0n) is 17.1. The fraction of sp³-hybridized carbons (Fsp3) is 0.667. The van der Waals surface area contributed by atoms with E-state index in [1.54, 1.807) is 0 Å². The molecule has 0 spiro atoms. The average molecular weight is 488 g/mol. The summed E-state index contributed by atoms with van der Waals surface area (Å²) in [7, 11) is 0. The van der Waals surface area contributed by atoms with Crippen molar-refractivity contribution in [3.8, 4) is 0 Å². The molecular formula is C21H37IN4O. The summed E-state index contributed by atoms with van der Waals surface area (Å²) in [5.41, 5.74) is 1.40. The van der Waals surface area contributed by atoms with E-state index in [0.29, 0.717) is 12.1 Å². The summed E-state index contributed by atoms with van der Waals surface area (Å²) in [4.78, 5) is 7.23. The Kier molecular flexibility index (Phi) is 12.7. The van der Waals surface area contributed by atoms with Crippen molar-refractivity contribution in [1.29, 1.82) is 0 Å². The van der Waals surface area contributed by atoms with E-state index < -0.39 is 0 Å². The number of piperidine rings is 1. The van der Waals surface area contributed by atoms with Gasteiger partial charge in [0.05, 0.1) is 6.10 Å². The van der Waals surface area contributed by atoms with E-state index in [2.05, 4.69) is 66.6 Å². The van der Waals surface area contributed by atoms with Crippen LogP contribution in [0.25, 0.3) is 0 Å². The molecule has 0 bridgehead atoms. The Morgan fingerprint density at radius 1 is 1.22 bits per heavy atom. The summed E-state index contributed by atoms with van der Waals surface area (Å²) in [6.45, 7) is 12.0. The Morgan fingerprint density at radius 2 is 1.93 bits per heavy atom. The van der Waals surface area contributed by atoms with Gasteiger partial charge in [-0.25, -0.2) is 0 Å². The number of likely N-dealkylation sites (tertiary alicyclic amines) is 1. The average Bonchev–Trinajstić information content (AvgIpc) is 2.64. The number of rotatable bonds is 9. The van der Waals surface area contributed by atoms with Gasteiger partial charge in [0.2, 0.25) is 0 Å². The molecule has 0 radical (unpaired) electrons. The predicted octanol–water partition coefficient (Wildman–Crippen LogP) is 3.64. The largest absolute Gasteiger partial charge is 0.379 e. The van der Waals surface area contributed by atoms with Crippen LogP contribution < -0.4 is 10.6 Å². The van der Waals surface area contributed by atoms with Crippen LogP contribution >= 0.6 is 24.0 Å². The van der Waals surface area contributed by atoms with Crippen molar-refractivity contribution in [2.75, 3.05) is 32.8 Å². The van der Waals surface area contributed by atoms with E-state index in [4.69, 9.17) is 9.73 Å². The summed E-state index contributed by atoms with van der Waals surface area (Å²) in [5.74, 6) is 0.943. The van der Waals surface area contributed by atoms with Crippen LogP contribution in [0.15, 0.2) is 35.3 Å². The van der Waals surface area contributed by atoms with Crippen LogP contribution in [0.5, 0.6) is 0 Å². The second-order valence-corrected chi connectivity index (χ2v) is 7.21. The second-order valence-electron chi connectivity index (χ2n) is 7.21. The minimum absolute atomic E-state index is 0. The highest BCUT2D eigenvalue weighted by Gasteiger charge is 2.19. The molecule has 0 aliphatic carbocycles. The molecule has 0 saturated carbocycles. The molecule has 1 heterocycles. The first kappa shape index (κ1) is 24.2. The Bertz CT molecular complexity index is 516. The molecule has 1 aromatic rings. The van der Waals surface area contributed by atoms with E-state index in [0.717, 1.165) is 64.6 Å². The van der Waals surface area contributed by atoms with Gasteiger partial charge in [-0.1, -0.05) is 30.3 Å². The number of halogens is 1. The first-order valence-electron chi connectivity index (χ1n) is 10.1. The lowest BCUT2D eigenvalue weighted by molar-refractivity contribution is 0.0782. The van der Waals surface area contributed by atoms with Gasteiger partial charge < -0.3 is 15.4 Å². The summed E-state index contributed by atoms with van der Waals surface area (Å²) in [5, 5.41) is 6.98. The topological polar surface area (TPSA) is 48.9 Å². The zero-order valence-corrected chi connectivity index (χ0v) is 19.4. The molecule has 154 valence electrons. The molecule has 2 N–H and O–H groups in total. The molecular weight excluding hydrogens is 451 g/mol. The van der Waals surface area contributed by atoms with Crippen LogP contribution in [0.3, 0.4) is 0 Å². The quantitative estimate of drug-likeness (QED) is 0.241.